The summed E-state index contributed by atoms with van der Waals surface area (Å²) in [6.45, 7) is 1.75. The number of benzene rings is 1. The van der Waals surface area contributed by atoms with Crippen LogP contribution in [0.5, 0.6) is 5.75 Å². The van der Waals surface area contributed by atoms with Gasteiger partial charge in [0.25, 0.3) is 5.91 Å². The molecule has 150 valence electrons. The van der Waals surface area contributed by atoms with Crippen LogP contribution in [0.2, 0.25) is 0 Å². The zero-order valence-corrected chi connectivity index (χ0v) is 15.4. The number of amides is 1. The molecule has 0 bridgehead atoms. The molecule has 7 nitrogen and oxygen atoms in total. The van der Waals surface area contributed by atoms with Crippen molar-refractivity contribution in [2.45, 2.75) is 12.2 Å². The number of fused-ring (bicyclic) bond motifs is 1. The van der Waals surface area contributed by atoms with Gasteiger partial charge in [-0.3, -0.25) is 14.8 Å². The van der Waals surface area contributed by atoms with Crippen LogP contribution >= 0.6 is 0 Å². The van der Waals surface area contributed by atoms with Gasteiger partial charge in [0.05, 0.1) is 7.11 Å². The minimum absolute atomic E-state index is 0.131. The van der Waals surface area contributed by atoms with Gasteiger partial charge in [-0.1, -0.05) is 12.1 Å². The van der Waals surface area contributed by atoms with Gasteiger partial charge in [-0.05, 0) is 30.7 Å². The average molecular weight is 395 g/mol. The van der Waals surface area contributed by atoms with Crippen LogP contribution in [0.15, 0.2) is 24.3 Å². The molecule has 2 fully saturated rings. The van der Waals surface area contributed by atoms with Crippen molar-refractivity contribution in [2.75, 3.05) is 33.8 Å². The van der Waals surface area contributed by atoms with Crippen LogP contribution in [-0.4, -0.2) is 64.7 Å². The van der Waals surface area contributed by atoms with E-state index in [2.05, 4.69) is 15.0 Å². The fourth-order valence-corrected chi connectivity index (χ4v) is 4.35. The Morgan fingerprint density at radius 1 is 1.21 bits per heavy atom. The van der Waals surface area contributed by atoms with E-state index in [1.807, 2.05) is 31.3 Å². The number of likely N-dealkylation sites (tertiary alicyclic amines) is 2. The number of nitrogens with one attached hydrogen (secondary N) is 1. The quantitative estimate of drug-likeness (QED) is 0.863. The van der Waals surface area contributed by atoms with Crippen LogP contribution in [-0.2, 0) is 6.18 Å². The summed E-state index contributed by atoms with van der Waals surface area (Å²) in [6, 6.07) is 7.96. The molecule has 2 aliphatic heterocycles. The normalized spacial score (nSPS) is 25.2. The summed E-state index contributed by atoms with van der Waals surface area (Å²) < 4.78 is 43.3. The number of methoxy groups -OCH3 is 1. The van der Waals surface area contributed by atoms with Gasteiger partial charge in [0, 0.05) is 31.6 Å². The maximum Gasteiger partial charge on any atom is 0.451 e. The highest BCUT2D eigenvalue weighted by Gasteiger charge is 2.48. The van der Waals surface area contributed by atoms with E-state index in [-0.39, 0.29) is 17.9 Å². The summed E-state index contributed by atoms with van der Waals surface area (Å²) in [4.78, 5) is 19.7. The number of H-pyrrole nitrogens is 1. The first-order chi connectivity index (χ1) is 13.3. The first-order valence-corrected chi connectivity index (χ1v) is 8.91. The lowest BCUT2D eigenvalue weighted by Gasteiger charge is -2.26. The average Bonchev–Trinajstić information content (AvgIpc) is 3.35. The smallest absolute Gasteiger partial charge is 0.451 e. The Morgan fingerprint density at radius 2 is 1.93 bits per heavy atom. The maximum atomic E-state index is 12.7. The highest BCUT2D eigenvalue weighted by molar-refractivity contribution is 5.90. The number of alkyl halides is 3. The number of aromatic nitrogens is 3. The van der Waals surface area contributed by atoms with Crippen molar-refractivity contribution in [3.8, 4) is 5.75 Å². The summed E-state index contributed by atoms with van der Waals surface area (Å²) in [5, 5.41) is 5.26. The standard InChI is InChI=1S/C18H20F3N5O2/c1-25-7-11-8-26(16(27)15-22-17(24-23-15)18(19,20)21)9-13(11)14(25)10-3-5-12(28-2)6-4-10/h3-6,11,13-14H,7-9H2,1-2H3,(H,22,23,24)/t11-,13+,14-/m0/s1. The number of carbonyl (C=O) groups is 1. The van der Waals surface area contributed by atoms with Gasteiger partial charge in [-0.25, -0.2) is 0 Å². The van der Waals surface area contributed by atoms with Crippen molar-refractivity contribution in [3.63, 3.8) is 0 Å². The van der Waals surface area contributed by atoms with E-state index in [0.29, 0.717) is 13.1 Å². The van der Waals surface area contributed by atoms with Gasteiger partial charge in [0.2, 0.25) is 11.6 Å². The Morgan fingerprint density at radius 3 is 2.54 bits per heavy atom. The van der Waals surface area contributed by atoms with Crippen LogP contribution < -0.4 is 4.74 Å². The lowest BCUT2D eigenvalue weighted by atomic mass is 9.89. The number of aromatic amines is 1. The Kier molecular flexibility index (Phi) is 4.53. The maximum absolute atomic E-state index is 12.7. The van der Waals surface area contributed by atoms with Crippen LogP contribution in [0, 0.1) is 11.8 Å². The highest BCUT2D eigenvalue weighted by atomic mass is 19.4. The van der Waals surface area contributed by atoms with Gasteiger partial charge in [0.15, 0.2) is 0 Å². The molecule has 0 unspecified atom stereocenters. The molecule has 4 rings (SSSR count). The summed E-state index contributed by atoms with van der Waals surface area (Å²) >= 11 is 0. The molecule has 1 aromatic carbocycles. The molecule has 2 aromatic rings. The largest absolute Gasteiger partial charge is 0.497 e. The molecule has 3 atom stereocenters. The molecule has 0 radical (unpaired) electrons. The molecule has 1 N–H and O–H groups in total. The van der Waals surface area contributed by atoms with Crippen molar-refractivity contribution in [1.82, 2.24) is 25.0 Å². The topological polar surface area (TPSA) is 74.3 Å². The van der Waals surface area contributed by atoms with Crippen molar-refractivity contribution >= 4 is 5.91 Å². The Balaban J connectivity index is 1.51. The van der Waals surface area contributed by atoms with E-state index in [1.54, 1.807) is 17.1 Å². The van der Waals surface area contributed by atoms with Gasteiger partial charge in [0.1, 0.15) is 5.75 Å². The lowest BCUT2D eigenvalue weighted by molar-refractivity contribution is -0.144. The molecule has 2 aliphatic rings. The number of hydrogen-bond acceptors (Lipinski definition) is 5. The molecule has 2 saturated heterocycles. The third kappa shape index (κ3) is 3.21. The molecular formula is C18H20F3N5O2. The second-order valence-electron chi connectivity index (χ2n) is 7.30. The molecular weight excluding hydrogens is 375 g/mol. The molecule has 3 heterocycles. The van der Waals surface area contributed by atoms with Gasteiger partial charge >= 0.3 is 6.18 Å². The predicted octanol–water partition coefficient (Wildman–Crippen LogP) is 2.21. The third-order valence-electron chi connectivity index (χ3n) is 5.58. The van der Waals surface area contributed by atoms with E-state index < -0.39 is 23.7 Å². The molecule has 1 amide bonds. The highest BCUT2D eigenvalue weighted by Crippen LogP contribution is 2.44. The first-order valence-electron chi connectivity index (χ1n) is 8.91. The van der Waals surface area contributed by atoms with E-state index >= 15 is 0 Å². The molecule has 1 aromatic heterocycles. The van der Waals surface area contributed by atoms with Crippen LogP contribution in [0.1, 0.15) is 28.0 Å². The van der Waals surface area contributed by atoms with Crippen molar-refractivity contribution in [1.29, 1.82) is 0 Å². The fraction of sp³-hybridized carbons (Fsp3) is 0.500. The second kappa shape index (κ2) is 6.77. The number of hydrogen-bond donors (Lipinski definition) is 1. The zero-order valence-electron chi connectivity index (χ0n) is 15.4. The van der Waals surface area contributed by atoms with Crippen molar-refractivity contribution in [3.05, 3.63) is 41.5 Å². The summed E-state index contributed by atoms with van der Waals surface area (Å²) in [5.41, 5.74) is 1.13. The van der Waals surface area contributed by atoms with Crippen LogP contribution in [0.4, 0.5) is 13.2 Å². The van der Waals surface area contributed by atoms with E-state index in [1.165, 1.54) is 0 Å². The molecule has 10 heteroatoms. The lowest BCUT2D eigenvalue weighted by Crippen LogP contribution is -2.34. The molecule has 28 heavy (non-hydrogen) atoms. The third-order valence-corrected chi connectivity index (χ3v) is 5.58. The molecule has 0 saturated carbocycles. The second-order valence-corrected chi connectivity index (χ2v) is 7.30. The number of ether oxygens (including phenoxy) is 1. The minimum Gasteiger partial charge on any atom is -0.497 e. The number of nitrogens with zero attached hydrogens (tertiary/aromatic N) is 4. The molecule has 0 aliphatic carbocycles. The van der Waals surface area contributed by atoms with E-state index in [0.717, 1.165) is 17.9 Å². The number of rotatable bonds is 3. The summed E-state index contributed by atoms with van der Waals surface area (Å²) in [7, 11) is 3.66. The Bertz CT molecular complexity index is 867. The Hall–Kier alpha value is -2.62. The SMILES string of the molecule is COc1ccc([C@H]2[C@@H]3CN(C(=O)c4n[nH]c(C(F)(F)F)n4)C[C@@H]3CN2C)cc1. The Labute approximate surface area is 159 Å². The van der Waals surface area contributed by atoms with Crippen molar-refractivity contribution < 1.29 is 22.7 Å². The molecule has 0 spiro atoms. The number of carbonyl (C=O) groups excluding carboxylic acids is 1. The predicted molar refractivity (Wildman–Crippen MR) is 92.6 cm³/mol. The van der Waals surface area contributed by atoms with Crippen LogP contribution in [0.25, 0.3) is 0 Å². The van der Waals surface area contributed by atoms with Gasteiger partial charge in [-0.15, -0.1) is 5.10 Å². The first kappa shape index (κ1) is 18.7. The zero-order chi connectivity index (χ0) is 20.1. The summed E-state index contributed by atoms with van der Waals surface area (Å²) in [6.07, 6.45) is -4.66. The van der Waals surface area contributed by atoms with Gasteiger partial charge < -0.3 is 9.64 Å². The number of halogens is 3. The van der Waals surface area contributed by atoms with E-state index in [4.69, 9.17) is 4.74 Å². The fourth-order valence-electron chi connectivity index (χ4n) is 4.35. The monoisotopic (exact) mass is 395 g/mol. The van der Waals surface area contributed by atoms with E-state index in [9.17, 15) is 18.0 Å². The summed E-state index contributed by atoms with van der Waals surface area (Å²) in [5.74, 6) is -1.05. The van der Waals surface area contributed by atoms with Crippen molar-refractivity contribution in [2.24, 2.45) is 11.8 Å². The van der Waals surface area contributed by atoms with Gasteiger partial charge in [-0.2, -0.15) is 18.2 Å². The minimum atomic E-state index is -4.66. The van der Waals surface area contributed by atoms with Crippen LogP contribution in [0.3, 0.4) is 0 Å².